The molecule has 0 saturated heterocycles. The SMILES string of the molecule is Cc1ccc(COc2ccc(/C=N\NC(=O)COc3cccc(Cl)c3Cl)cc2)cc1. The molecule has 5 nitrogen and oxygen atoms in total. The van der Waals surface area contributed by atoms with Crippen LogP contribution in [0.1, 0.15) is 16.7 Å². The molecule has 0 fully saturated rings. The van der Waals surface area contributed by atoms with Crippen molar-refractivity contribution in [1.82, 2.24) is 5.43 Å². The number of carbonyl (C=O) groups is 1. The van der Waals surface area contributed by atoms with Crippen molar-refractivity contribution in [3.8, 4) is 11.5 Å². The number of benzene rings is 3. The highest BCUT2D eigenvalue weighted by Crippen LogP contribution is 2.31. The van der Waals surface area contributed by atoms with E-state index in [1.165, 1.54) is 11.8 Å². The van der Waals surface area contributed by atoms with E-state index in [1.54, 1.807) is 18.2 Å². The van der Waals surface area contributed by atoms with Gasteiger partial charge in [0.25, 0.3) is 5.91 Å². The zero-order valence-electron chi connectivity index (χ0n) is 16.3. The van der Waals surface area contributed by atoms with Gasteiger partial charge in [-0.2, -0.15) is 5.10 Å². The Morgan fingerprint density at radius 3 is 2.47 bits per heavy atom. The van der Waals surface area contributed by atoms with E-state index in [9.17, 15) is 4.79 Å². The summed E-state index contributed by atoms with van der Waals surface area (Å²) in [5, 5.41) is 4.54. The van der Waals surface area contributed by atoms with E-state index >= 15 is 0 Å². The highest BCUT2D eigenvalue weighted by molar-refractivity contribution is 6.42. The number of rotatable bonds is 8. The summed E-state index contributed by atoms with van der Waals surface area (Å²) in [5.74, 6) is 0.674. The van der Waals surface area contributed by atoms with E-state index in [1.807, 2.05) is 36.4 Å². The van der Waals surface area contributed by atoms with Crippen LogP contribution >= 0.6 is 23.2 Å². The highest BCUT2D eigenvalue weighted by Gasteiger charge is 2.07. The molecule has 1 amide bonds. The summed E-state index contributed by atoms with van der Waals surface area (Å²) >= 11 is 11.9. The first-order chi connectivity index (χ1) is 14.5. The van der Waals surface area contributed by atoms with Gasteiger partial charge in [0.1, 0.15) is 23.1 Å². The third kappa shape index (κ3) is 6.51. The number of hydrogen-bond donors (Lipinski definition) is 1. The Labute approximate surface area is 185 Å². The predicted molar refractivity (Wildman–Crippen MR) is 120 cm³/mol. The molecule has 0 aromatic heterocycles. The molecule has 7 heteroatoms. The maximum absolute atomic E-state index is 11.9. The summed E-state index contributed by atoms with van der Waals surface area (Å²) in [6, 6.07) is 20.6. The molecule has 3 aromatic rings. The average molecular weight is 443 g/mol. The van der Waals surface area contributed by atoms with Crippen LogP contribution in [-0.2, 0) is 11.4 Å². The van der Waals surface area contributed by atoms with Gasteiger partial charge in [-0.25, -0.2) is 5.43 Å². The topological polar surface area (TPSA) is 59.9 Å². The van der Waals surface area contributed by atoms with Gasteiger partial charge in [-0.05, 0) is 54.4 Å². The lowest BCUT2D eigenvalue weighted by molar-refractivity contribution is -0.123. The summed E-state index contributed by atoms with van der Waals surface area (Å²) < 4.78 is 11.1. The lowest BCUT2D eigenvalue weighted by Gasteiger charge is -2.07. The maximum Gasteiger partial charge on any atom is 0.277 e. The number of nitrogens with zero attached hydrogens (tertiary/aromatic N) is 1. The molecule has 154 valence electrons. The molecule has 0 heterocycles. The van der Waals surface area contributed by atoms with Gasteiger partial charge in [0, 0.05) is 0 Å². The number of hydrogen-bond acceptors (Lipinski definition) is 4. The van der Waals surface area contributed by atoms with Crippen LogP contribution in [-0.4, -0.2) is 18.7 Å². The Hall–Kier alpha value is -3.02. The first-order valence-corrected chi connectivity index (χ1v) is 9.94. The quantitative estimate of drug-likeness (QED) is 0.374. The summed E-state index contributed by atoms with van der Waals surface area (Å²) in [6.07, 6.45) is 1.54. The molecular formula is C23H20Cl2N2O3. The minimum atomic E-state index is -0.416. The number of aryl methyl sites for hydroxylation is 1. The van der Waals surface area contributed by atoms with Gasteiger partial charge in [0.15, 0.2) is 6.61 Å². The number of carbonyl (C=O) groups excluding carboxylic acids is 1. The number of ether oxygens (including phenoxy) is 2. The molecule has 0 spiro atoms. The van der Waals surface area contributed by atoms with Gasteiger partial charge < -0.3 is 9.47 Å². The van der Waals surface area contributed by atoms with Crippen molar-refractivity contribution in [2.24, 2.45) is 5.10 Å². The minimum absolute atomic E-state index is 0.233. The first-order valence-electron chi connectivity index (χ1n) is 9.18. The Morgan fingerprint density at radius 2 is 1.73 bits per heavy atom. The van der Waals surface area contributed by atoms with Crippen molar-refractivity contribution in [1.29, 1.82) is 0 Å². The smallest absolute Gasteiger partial charge is 0.277 e. The van der Waals surface area contributed by atoms with Gasteiger partial charge in [-0.15, -0.1) is 0 Å². The monoisotopic (exact) mass is 442 g/mol. The van der Waals surface area contributed by atoms with Gasteiger partial charge in [0.2, 0.25) is 0 Å². The zero-order chi connectivity index (χ0) is 21.3. The second kappa shape index (κ2) is 10.7. The molecule has 0 radical (unpaired) electrons. The summed E-state index contributed by atoms with van der Waals surface area (Å²) in [6.45, 7) is 2.32. The molecule has 1 N–H and O–H groups in total. The summed E-state index contributed by atoms with van der Waals surface area (Å²) in [5.41, 5.74) is 5.54. The Bertz CT molecular complexity index is 1020. The minimum Gasteiger partial charge on any atom is -0.489 e. The first kappa shape index (κ1) is 21.7. The fraction of sp³-hybridized carbons (Fsp3) is 0.130. The van der Waals surface area contributed by atoms with E-state index in [-0.39, 0.29) is 11.6 Å². The van der Waals surface area contributed by atoms with Crippen molar-refractivity contribution < 1.29 is 14.3 Å². The summed E-state index contributed by atoms with van der Waals surface area (Å²) in [4.78, 5) is 11.9. The molecule has 30 heavy (non-hydrogen) atoms. The van der Waals surface area contributed by atoms with Crippen LogP contribution in [0, 0.1) is 6.92 Å². The van der Waals surface area contributed by atoms with Crippen LogP contribution < -0.4 is 14.9 Å². The third-order valence-electron chi connectivity index (χ3n) is 4.08. The van der Waals surface area contributed by atoms with Crippen LogP contribution in [0.25, 0.3) is 0 Å². The van der Waals surface area contributed by atoms with Gasteiger partial charge >= 0.3 is 0 Å². The average Bonchev–Trinajstić information content (AvgIpc) is 2.75. The van der Waals surface area contributed by atoms with E-state index in [2.05, 4.69) is 29.6 Å². The summed E-state index contributed by atoms with van der Waals surface area (Å²) in [7, 11) is 0. The predicted octanol–water partition coefficient (Wildman–Crippen LogP) is 5.41. The molecule has 0 aliphatic rings. The van der Waals surface area contributed by atoms with Crippen LogP contribution in [0.3, 0.4) is 0 Å². The van der Waals surface area contributed by atoms with Crippen LogP contribution in [0.2, 0.25) is 10.0 Å². The largest absolute Gasteiger partial charge is 0.489 e. The van der Waals surface area contributed by atoms with Gasteiger partial charge in [-0.1, -0.05) is 59.1 Å². The van der Waals surface area contributed by atoms with Crippen molar-refractivity contribution in [3.05, 3.63) is 93.5 Å². The lowest BCUT2D eigenvalue weighted by atomic mass is 10.2. The molecule has 0 aliphatic heterocycles. The molecular weight excluding hydrogens is 423 g/mol. The molecule has 0 bridgehead atoms. The van der Waals surface area contributed by atoms with Gasteiger partial charge in [0.05, 0.1) is 11.2 Å². The van der Waals surface area contributed by atoms with E-state index in [4.69, 9.17) is 32.7 Å². The second-order valence-electron chi connectivity index (χ2n) is 6.48. The molecule has 3 rings (SSSR count). The molecule has 0 atom stereocenters. The third-order valence-corrected chi connectivity index (χ3v) is 4.89. The fourth-order valence-corrected chi connectivity index (χ4v) is 2.80. The highest BCUT2D eigenvalue weighted by atomic mass is 35.5. The van der Waals surface area contributed by atoms with Gasteiger partial charge in [-0.3, -0.25) is 4.79 Å². The van der Waals surface area contributed by atoms with Crippen LogP contribution in [0.5, 0.6) is 11.5 Å². The number of halogens is 2. The zero-order valence-corrected chi connectivity index (χ0v) is 17.8. The van der Waals surface area contributed by atoms with Crippen molar-refractivity contribution in [2.45, 2.75) is 13.5 Å². The standard InChI is InChI=1S/C23H20Cl2N2O3/c1-16-5-7-18(8-6-16)14-29-19-11-9-17(10-12-19)13-26-27-22(28)15-30-21-4-2-3-20(24)23(21)25/h2-13H,14-15H2,1H3,(H,27,28)/b26-13-. The van der Waals surface area contributed by atoms with Crippen molar-refractivity contribution in [3.63, 3.8) is 0 Å². The van der Waals surface area contributed by atoms with E-state index in [0.29, 0.717) is 17.4 Å². The Morgan fingerprint density at radius 1 is 1.00 bits per heavy atom. The van der Waals surface area contributed by atoms with E-state index < -0.39 is 5.91 Å². The lowest BCUT2D eigenvalue weighted by Crippen LogP contribution is -2.24. The van der Waals surface area contributed by atoms with Crippen molar-refractivity contribution in [2.75, 3.05) is 6.61 Å². The normalized spacial score (nSPS) is 10.8. The molecule has 0 saturated carbocycles. The van der Waals surface area contributed by atoms with E-state index in [0.717, 1.165) is 16.9 Å². The van der Waals surface area contributed by atoms with Crippen molar-refractivity contribution >= 4 is 35.3 Å². The number of amides is 1. The second-order valence-corrected chi connectivity index (χ2v) is 7.26. The molecule has 3 aromatic carbocycles. The Balaban J connectivity index is 1.43. The van der Waals surface area contributed by atoms with Crippen LogP contribution in [0.4, 0.5) is 0 Å². The fourth-order valence-electron chi connectivity index (χ4n) is 2.45. The number of nitrogens with one attached hydrogen (secondary N) is 1. The molecule has 0 aliphatic carbocycles. The maximum atomic E-state index is 11.9. The van der Waals surface area contributed by atoms with Crippen LogP contribution in [0.15, 0.2) is 71.8 Å². The molecule has 0 unspecified atom stereocenters. The Kier molecular flexibility index (Phi) is 7.71. The number of hydrazone groups is 1.